The van der Waals surface area contributed by atoms with E-state index >= 15 is 0 Å². The van der Waals surface area contributed by atoms with Crippen molar-refractivity contribution in [1.29, 1.82) is 0 Å². The Hall–Kier alpha value is -1.49. The summed E-state index contributed by atoms with van der Waals surface area (Å²) in [6.45, 7) is 0.436. The zero-order chi connectivity index (χ0) is 13.1. The van der Waals surface area contributed by atoms with E-state index in [1.165, 1.54) is 4.90 Å². The van der Waals surface area contributed by atoms with E-state index in [2.05, 4.69) is 5.32 Å². The minimum Gasteiger partial charge on any atom is -0.369 e. The molecule has 98 valence electrons. The average Bonchev–Trinajstić information content (AvgIpc) is 2.49. The van der Waals surface area contributed by atoms with Crippen LogP contribution in [0.15, 0.2) is 23.5 Å². The normalized spacial score (nSPS) is 23.5. The molecule has 1 aliphatic carbocycles. The summed E-state index contributed by atoms with van der Waals surface area (Å²) in [5, 5.41) is 2.79. The Morgan fingerprint density at radius 3 is 3.06 bits per heavy atom. The highest BCUT2D eigenvalue weighted by Gasteiger charge is 2.30. The smallest absolute Gasteiger partial charge is 0.325 e. The predicted molar refractivity (Wildman–Crippen MR) is 68.7 cm³/mol. The van der Waals surface area contributed by atoms with Gasteiger partial charge >= 0.3 is 6.03 Å². The zero-order valence-corrected chi connectivity index (χ0v) is 10.7. The molecule has 3 amide bonds. The lowest BCUT2D eigenvalue weighted by molar-refractivity contribution is -0.121. The van der Waals surface area contributed by atoms with Crippen LogP contribution in [-0.4, -0.2) is 29.3 Å². The number of nitrogens with two attached hydrogens (primary N) is 1. The summed E-state index contributed by atoms with van der Waals surface area (Å²) in [5.41, 5.74) is 7.02. The third kappa shape index (κ3) is 2.51. The molecule has 1 atom stereocenters. The van der Waals surface area contributed by atoms with E-state index in [4.69, 9.17) is 17.3 Å². The molecule has 0 fully saturated rings. The van der Waals surface area contributed by atoms with E-state index in [1.807, 2.05) is 6.08 Å². The van der Waals surface area contributed by atoms with Gasteiger partial charge in [-0.25, -0.2) is 4.79 Å². The first kappa shape index (κ1) is 13.0. The Morgan fingerprint density at radius 2 is 2.39 bits per heavy atom. The Labute approximate surface area is 111 Å². The number of allylic oxidation sites excluding steroid dienone is 2. The Balaban J connectivity index is 2.26. The van der Waals surface area contributed by atoms with Crippen LogP contribution in [0.5, 0.6) is 0 Å². The zero-order valence-electron chi connectivity index (χ0n) is 9.99. The van der Waals surface area contributed by atoms with Gasteiger partial charge in [0.1, 0.15) is 0 Å². The van der Waals surface area contributed by atoms with Crippen molar-refractivity contribution in [2.24, 2.45) is 11.7 Å². The Bertz CT molecular complexity index is 431. The number of primary amides is 1. The second kappa shape index (κ2) is 5.44. The molecule has 0 bridgehead atoms. The monoisotopic (exact) mass is 269 g/mol. The standard InChI is InChI=1S/C12H16ClN3O2/c13-5-7-16-6-4-8-2-1-3-9(11(14)17)10(8)15-12(16)18/h4,6,9H,1-3,5,7H2,(H2,14,17)(H,15,18)/t9-/m1/s1. The van der Waals surface area contributed by atoms with E-state index in [9.17, 15) is 9.59 Å². The van der Waals surface area contributed by atoms with Crippen molar-refractivity contribution in [3.05, 3.63) is 23.5 Å². The fraction of sp³-hybridized carbons (Fsp3) is 0.500. The number of nitrogens with one attached hydrogen (secondary N) is 1. The molecule has 6 heteroatoms. The van der Waals surface area contributed by atoms with E-state index < -0.39 is 5.92 Å². The Kier molecular flexibility index (Phi) is 3.91. The molecular weight excluding hydrogens is 254 g/mol. The number of nitrogens with zero attached hydrogens (tertiary/aromatic N) is 1. The van der Waals surface area contributed by atoms with Crippen molar-refractivity contribution in [3.8, 4) is 0 Å². The molecule has 0 aromatic rings. The second-order valence-corrected chi connectivity index (χ2v) is 4.79. The molecule has 1 aliphatic heterocycles. The van der Waals surface area contributed by atoms with Gasteiger partial charge in [0.2, 0.25) is 5.91 Å². The van der Waals surface area contributed by atoms with E-state index in [0.29, 0.717) is 24.5 Å². The third-order valence-corrected chi connectivity index (χ3v) is 3.43. The number of alkyl halides is 1. The van der Waals surface area contributed by atoms with Gasteiger partial charge in [-0.3, -0.25) is 9.69 Å². The molecule has 0 unspecified atom stereocenters. The third-order valence-electron chi connectivity index (χ3n) is 3.26. The number of amides is 3. The highest BCUT2D eigenvalue weighted by molar-refractivity contribution is 6.18. The lowest BCUT2D eigenvalue weighted by Crippen LogP contribution is -2.41. The maximum Gasteiger partial charge on any atom is 0.325 e. The van der Waals surface area contributed by atoms with Crippen molar-refractivity contribution in [3.63, 3.8) is 0 Å². The first-order valence-electron chi connectivity index (χ1n) is 5.97. The molecule has 1 heterocycles. The SMILES string of the molecule is NC(=O)[C@@H]1CCCC2=C1NC(=O)N(CCCl)C=C2. The lowest BCUT2D eigenvalue weighted by Gasteiger charge is -2.25. The topological polar surface area (TPSA) is 75.4 Å². The summed E-state index contributed by atoms with van der Waals surface area (Å²) in [5.74, 6) is -0.415. The number of rotatable bonds is 3. The minimum absolute atomic E-state index is 0.259. The van der Waals surface area contributed by atoms with Gasteiger partial charge in [-0.05, 0) is 30.9 Å². The number of halogens is 1. The first-order chi connectivity index (χ1) is 8.63. The number of carbonyl (C=O) groups excluding carboxylic acids is 2. The maximum atomic E-state index is 11.9. The van der Waals surface area contributed by atoms with Gasteiger partial charge in [0.25, 0.3) is 0 Å². The molecule has 0 radical (unpaired) electrons. The van der Waals surface area contributed by atoms with Crippen molar-refractivity contribution < 1.29 is 9.59 Å². The molecule has 0 aromatic heterocycles. The molecule has 2 rings (SSSR count). The summed E-state index contributed by atoms with van der Waals surface area (Å²) >= 11 is 5.64. The van der Waals surface area contributed by atoms with Crippen molar-refractivity contribution >= 4 is 23.5 Å². The molecule has 0 saturated carbocycles. The van der Waals surface area contributed by atoms with Gasteiger partial charge in [0.15, 0.2) is 0 Å². The fourth-order valence-electron chi connectivity index (χ4n) is 2.33. The van der Waals surface area contributed by atoms with Crippen LogP contribution < -0.4 is 11.1 Å². The summed E-state index contributed by atoms with van der Waals surface area (Å²) in [7, 11) is 0. The summed E-state index contributed by atoms with van der Waals surface area (Å²) in [4.78, 5) is 24.9. The van der Waals surface area contributed by atoms with Crippen molar-refractivity contribution in [1.82, 2.24) is 10.2 Å². The van der Waals surface area contributed by atoms with E-state index in [1.54, 1.807) is 6.20 Å². The van der Waals surface area contributed by atoms with Gasteiger partial charge in [-0.1, -0.05) is 0 Å². The summed E-state index contributed by atoms with van der Waals surface area (Å²) in [6.07, 6.45) is 6.03. The van der Waals surface area contributed by atoms with Crippen LogP contribution in [0.25, 0.3) is 0 Å². The van der Waals surface area contributed by atoms with Crippen LogP contribution in [0.2, 0.25) is 0 Å². The number of carbonyl (C=O) groups is 2. The van der Waals surface area contributed by atoms with Crippen molar-refractivity contribution in [2.45, 2.75) is 19.3 Å². The minimum atomic E-state index is -0.390. The Morgan fingerprint density at radius 1 is 1.61 bits per heavy atom. The maximum absolute atomic E-state index is 11.9. The molecule has 3 N–H and O–H groups in total. The van der Waals surface area contributed by atoms with Gasteiger partial charge in [0.05, 0.1) is 5.92 Å². The largest absolute Gasteiger partial charge is 0.369 e. The molecule has 2 aliphatic rings. The van der Waals surface area contributed by atoms with Gasteiger partial charge in [0, 0.05) is 24.3 Å². The van der Waals surface area contributed by atoms with Crippen LogP contribution >= 0.6 is 11.6 Å². The van der Waals surface area contributed by atoms with Crippen molar-refractivity contribution in [2.75, 3.05) is 12.4 Å². The lowest BCUT2D eigenvalue weighted by atomic mass is 9.86. The first-order valence-corrected chi connectivity index (χ1v) is 6.51. The van der Waals surface area contributed by atoms with Gasteiger partial charge in [-0.2, -0.15) is 0 Å². The van der Waals surface area contributed by atoms with E-state index in [-0.39, 0.29) is 11.9 Å². The summed E-state index contributed by atoms with van der Waals surface area (Å²) in [6, 6.07) is -0.259. The number of hydrogen-bond donors (Lipinski definition) is 2. The molecule has 0 saturated heterocycles. The fourth-order valence-corrected chi connectivity index (χ4v) is 2.51. The molecule has 0 aromatic carbocycles. The second-order valence-electron chi connectivity index (χ2n) is 4.41. The van der Waals surface area contributed by atoms with Gasteiger partial charge < -0.3 is 11.1 Å². The number of hydrogen-bond acceptors (Lipinski definition) is 2. The van der Waals surface area contributed by atoms with Crippen LogP contribution in [0.1, 0.15) is 19.3 Å². The van der Waals surface area contributed by atoms with Crippen LogP contribution in [0, 0.1) is 5.92 Å². The molecule has 0 spiro atoms. The molecular formula is C12H16ClN3O2. The average molecular weight is 270 g/mol. The highest BCUT2D eigenvalue weighted by atomic mass is 35.5. The predicted octanol–water partition coefficient (Wildman–Crippen LogP) is 1.30. The van der Waals surface area contributed by atoms with Gasteiger partial charge in [-0.15, -0.1) is 11.6 Å². The van der Waals surface area contributed by atoms with Crippen LogP contribution in [-0.2, 0) is 4.79 Å². The number of urea groups is 1. The molecule has 18 heavy (non-hydrogen) atoms. The molecule has 5 nitrogen and oxygen atoms in total. The summed E-state index contributed by atoms with van der Waals surface area (Å²) < 4.78 is 0. The van der Waals surface area contributed by atoms with E-state index in [0.717, 1.165) is 18.4 Å². The van der Waals surface area contributed by atoms with Crippen LogP contribution in [0.4, 0.5) is 4.79 Å². The quantitative estimate of drug-likeness (QED) is 0.758. The van der Waals surface area contributed by atoms with Crippen LogP contribution in [0.3, 0.4) is 0 Å². The highest BCUT2D eigenvalue weighted by Crippen LogP contribution is 2.30.